The van der Waals surface area contributed by atoms with Crippen LogP contribution in [0.25, 0.3) is 0 Å². The summed E-state index contributed by atoms with van der Waals surface area (Å²) in [6.07, 6.45) is 5.64. The predicted octanol–water partition coefficient (Wildman–Crippen LogP) is 4.30. The van der Waals surface area contributed by atoms with Crippen LogP contribution in [0.4, 0.5) is 11.5 Å². The molecule has 0 saturated heterocycles. The molecule has 20 heavy (non-hydrogen) atoms. The Kier molecular flexibility index (Phi) is 4.16. The summed E-state index contributed by atoms with van der Waals surface area (Å²) in [5, 5.41) is 3.64. The lowest BCUT2D eigenvalue weighted by atomic mass is 9.94. The number of thiophene rings is 1. The van der Waals surface area contributed by atoms with Crippen molar-refractivity contribution < 1.29 is 0 Å². The van der Waals surface area contributed by atoms with Gasteiger partial charge in [-0.1, -0.05) is 0 Å². The van der Waals surface area contributed by atoms with Gasteiger partial charge in [-0.25, -0.2) is 4.98 Å². The zero-order valence-electron chi connectivity index (χ0n) is 11.7. The minimum atomic E-state index is 0.436. The molecule has 0 aromatic carbocycles. The molecule has 0 aliphatic heterocycles. The fourth-order valence-corrected chi connectivity index (χ4v) is 4.73. The second kappa shape index (κ2) is 5.89. The molecule has 1 aliphatic carbocycles. The van der Waals surface area contributed by atoms with Crippen LogP contribution in [-0.2, 0) is 6.42 Å². The van der Waals surface area contributed by atoms with Gasteiger partial charge in [0, 0.05) is 19.0 Å². The number of hydrogen-bond donors (Lipinski definition) is 1. The van der Waals surface area contributed by atoms with E-state index in [4.69, 9.17) is 0 Å². The molecule has 0 radical (unpaired) electrons. The van der Waals surface area contributed by atoms with E-state index in [2.05, 4.69) is 51.1 Å². The maximum atomic E-state index is 4.47. The van der Waals surface area contributed by atoms with Gasteiger partial charge in [0.15, 0.2) is 0 Å². The van der Waals surface area contributed by atoms with Gasteiger partial charge in [0.25, 0.3) is 0 Å². The minimum Gasteiger partial charge on any atom is -0.377 e. The maximum absolute atomic E-state index is 4.47. The summed E-state index contributed by atoms with van der Waals surface area (Å²) in [5.74, 6) is 0.991. The molecule has 2 aromatic rings. The Morgan fingerprint density at radius 3 is 2.95 bits per heavy atom. The molecular weight excluding hydrogens is 381 g/mol. The summed E-state index contributed by atoms with van der Waals surface area (Å²) in [4.78, 5) is 8.04. The van der Waals surface area contributed by atoms with Crippen LogP contribution in [0.2, 0.25) is 0 Å². The molecule has 5 heteroatoms. The molecule has 0 amide bonds. The Morgan fingerprint density at radius 1 is 1.40 bits per heavy atom. The molecule has 1 N–H and O–H groups in total. The number of aromatic nitrogens is 1. The van der Waals surface area contributed by atoms with Gasteiger partial charge >= 0.3 is 0 Å². The molecule has 0 spiro atoms. The summed E-state index contributed by atoms with van der Waals surface area (Å²) in [7, 11) is 4.02. The first-order valence-corrected chi connectivity index (χ1v) is 8.71. The van der Waals surface area contributed by atoms with Crippen LogP contribution in [0.5, 0.6) is 0 Å². The van der Waals surface area contributed by atoms with Crippen LogP contribution in [0.1, 0.15) is 29.3 Å². The third-order valence-corrected chi connectivity index (χ3v) is 5.60. The van der Waals surface area contributed by atoms with Crippen molar-refractivity contribution >= 4 is 45.4 Å². The van der Waals surface area contributed by atoms with Gasteiger partial charge in [0.05, 0.1) is 20.8 Å². The van der Waals surface area contributed by atoms with Gasteiger partial charge in [-0.15, -0.1) is 11.3 Å². The van der Waals surface area contributed by atoms with Crippen LogP contribution in [0.3, 0.4) is 0 Å². The number of anilines is 2. The van der Waals surface area contributed by atoms with Crippen molar-refractivity contribution in [2.75, 3.05) is 24.3 Å². The normalized spacial score (nSPS) is 17.6. The van der Waals surface area contributed by atoms with Gasteiger partial charge in [-0.2, -0.15) is 0 Å². The van der Waals surface area contributed by atoms with Crippen LogP contribution >= 0.6 is 33.9 Å². The highest BCUT2D eigenvalue weighted by atomic mass is 127. The number of nitrogens with zero attached hydrogens (tertiary/aromatic N) is 2. The maximum Gasteiger partial charge on any atom is 0.128 e. The largest absolute Gasteiger partial charge is 0.377 e. The van der Waals surface area contributed by atoms with E-state index in [1.807, 2.05) is 36.5 Å². The number of fused-ring (bicyclic) bond motifs is 1. The lowest BCUT2D eigenvalue weighted by molar-refractivity contribution is 0.608. The quantitative estimate of drug-likeness (QED) is 0.780. The highest BCUT2D eigenvalue weighted by Gasteiger charge is 2.22. The predicted molar refractivity (Wildman–Crippen MR) is 94.9 cm³/mol. The van der Waals surface area contributed by atoms with Crippen molar-refractivity contribution in [3.05, 3.63) is 37.7 Å². The van der Waals surface area contributed by atoms with E-state index in [9.17, 15) is 0 Å². The summed E-state index contributed by atoms with van der Waals surface area (Å²) in [6.45, 7) is 0. The van der Waals surface area contributed by atoms with Gasteiger partial charge in [-0.05, 0) is 65.6 Å². The smallest absolute Gasteiger partial charge is 0.128 e. The standard InChI is InChI=1S/C15H18IN3S/c1-19(2)15-7-6-10(9-17-15)18-12-4-3-5-13-11(12)8-14(16)20-13/h6-9,12,18H,3-5H2,1-2H3. The molecule has 1 aliphatic rings. The number of halogens is 1. The lowest BCUT2D eigenvalue weighted by Crippen LogP contribution is -2.16. The number of aryl methyl sites for hydroxylation is 1. The average Bonchev–Trinajstić information content (AvgIpc) is 2.81. The van der Waals surface area contributed by atoms with Crippen molar-refractivity contribution in [3.8, 4) is 0 Å². The highest BCUT2D eigenvalue weighted by Crippen LogP contribution is 2.38. The second-order valence-corrected chi connectivity index (χ2v) is 8.35. The van der Waals surface area contributed by atoms with E-state index in [0.29, 0.717) is 6.04 Å². The van der Waals surface area contributed by atoms with E-state index in [-0.39, 0.29) is 0 Å². The van der Waals surface area contributed by atoms with Crippen molar-refractivity contribution in [2.45, 2.75) is 25.3 Å². The molecule has 3 nitrogen and oxygen atoms in total. The first-order valence-electron chi connectivity index (χ1n) is 6.81. The zero-order valence-corrected chi connectivity index (χ0v) is 14.7. The molecular formula is C15H18IN3S. The zero-order chi connectivity index (χ0) is 14.1. The molecule has 106 valence electrons. The Morgan fingerprint density at radius 2 is 2.25 bits per heavy atom. The van der Waals surface area contributed by atoms with E-state index in [1.54, 1.807) is 4.88 Å². The summed E-state index contributed by atoms with van der Waals surface area (Å²) < 4.78 is 1.39. The third-order valence-electron chi connectivity index (χ3n) is 3.63. The van der Waals surface area contributed by atoms with Gasteiger partial charge in [0.2, 0.25) is 0 Å². The Hall–Kier alpha value is -0.820. The minimum absolute atomic E-state index is 0.436. The van der Waals surface area contributed by atoms with E-state index in [0.717, 1.165) is 11.5 Å². The lowest BCUT2D eigenvalue weighted by Gasteiger charge is -2.24. The van der Waals surface area contributed by atoms with Crippen LogP contribution in [-0.4, -0.2) is 19.1 Å². The molecule has 2 heterocycles. The van der Waals surface area contributed by atoms with E-state index in [1.165, 1.54) is 27.7 Å². The van der Waals surface area contributed by atoms with Crippen molar-refractivity contribution in [3.63, 3.8) is 0 Å². The molecule has 0 saturated carbocycles. The second-order valence-electron chi connectivity index (χ2n) is 5.32. The van der Waals surface area contributed by atoms with Crippen molar-refractivity contribution in [2.24, 2.45) is 0 Å². The van der Waals surface area contributed by atoms with Crippen molar-refractivity contribution in [1.29, 1.82) is 0 Å². The summed E-state index contributed by atoms with van der Waals surface area (Å²) >= 11 is 4.36. The molecule has 1 unspecified atom stereocenters. The molecule has 3 rings (SSSR count). The fourth-order valence-electron chi connectivity index (χ4n) is 2.61. The monoisotopic (exact) mass is 399 g/mol. The first kappa shape index (κ1) is 14.1. The Bertz CT molecular complexity index is 592. The van der Waals surface area contributed by atoms with Crippen LogP contribution < -0.4 is 10.2 Å². The van der Waals surface area contributed by atoms with Gasteiger partial charge in [0.1, 0.15) is 5.82 Å². The van der Waals surface area contributed by atoms with Crippen LogP contribution in [0.15, 0.2) is 24.4 Å². The average molecular weight is 399 g/mol. The SMILES string of the molecule is CN(C)c1ccc(NC2CCCc3sc(I)cc32)cn1. The molecule has 0 bridgehead atoms. The number of nitrogens with one attached hydrogen (secondary N) is 1. The number of pyridine rings is 1. The molecule has 0 fully saturated rings. The van der Waals surface area contributed by atoms with E-state index >= 15 is 0 Å². The van der Waals surface area contributed by atoms with Gasteiger partial charge in [-0.3, -0.25) is 0 Å². The Labute approximate surface area is 137 Å². The Balaban J connectivity index is 1.78. The summed E-state index contributed by atoms with van der Waals surface area (Å²) in [5.41, 5.74) is 2.59. The molecule has 1 atom stereocenters. The fraction of sp³-hybridized carbons (Fsp3) is 0.400. The highest BCUT2D eigenvalue weighted by molar-refractivity contribution is 14.1. The number of hydrogen-bond acceptors (Lipinski definition) is 4. The third kappa shape index (κ3) is 2.93. The van der Waals surface area contributed by atoms with E-state index < -0.39 is 0 Å². The first-order chi connectivity index (χ1) is 9.63. The molecule has 2 aromatic heterocycles. The van der Waals surface area contributed by atoms with Crippen LogP contribution in [0, 0.1) is 2.88 Å². The van der Waals surface area contributed by atoms with Crippen molar-refractivity contribution in [1.82, 2.24) is 4.98 Å². The number of rotatable bonds is 3. The summed E-state index contributed by atoms with van der Waals surface area (Å²) in [6, 6.07) is 6.95. The van der Waals surface area contributed by atoms with Gasteiger partial charge < -0.3 is 10.2 Å². The topological polar surface area (TPSA) is 28.2 Å².